The number of hydrogen-bond acceptors (Lipinski definition) is 9. The summed E-state index contributed by atoms with van der Waals surface area (Å²) in [5, 5.41) is 31.9. The Morgan fingerprint density at radius 2 is 1.37 bits per heavy atom. The minimum atomic E-state index is -1.45. The van der Waals surface area contributed by atoms with Gasteiger partial charge in [-0.3, -0.25) is 28.8 Å². The highest BCUT2D eigenvalue weighted by Crippen LogP contribution is 2.10. The summed E-state index contributed by atoms with van der Waals surface area (Å²) in [5.74, 6) is -6.23. The Hall–Kier alpha value is -4.57. The van der Waals surface area contributed by atoms with Crippen molar-refractivity contribution in [1.82, 2.24) is 26.6 Å². The first-order valence-corrected chi connectivity index (χ1v) is 15.3. The molecular weight excluding hydrogens is 602 g/mol. The van der Waals surface area contributed by atoms with E-state index in [-0.39, 0.29) is 32.1 Å². The van der Waals surface area contributed by atoms with Crippen LogP contribution < -0.4 is 38.1 Å². The molecule has 2 rings (SSSR count). The maximum absolute atomic E-state index is 13.6. The van der Waals surface area contributed by atoms with Gasteiger partial charge in [0.05, 0.1) is 6.04 Å². The first-order chi connectivity index (χ1) is 21.9. The van der Waals surface area contributed by atoms with E-state index in [1.165, 1.54) is 0 Å². The van der Waals surface area contributed by atoms with Gasteiger partial charge in [-0.25, -0.2) is 4.79 Å². The van der Waals surface area contributed by atoms with Gasteiger partial charge in [-0.2, -0.15) is 0 Å². The van der Waals surface area contributed by atoms with Gasteiger partial charge in [-0.1, -0.05) is 30.3 Å². The van der Waals surface area contributed by atoms with Gasteiger partial charge >= 0.3 is 11.9 Å². The number of carbonyl (C=O) groups excluding carboxylic acids is 5. The number of carboxylic acids is 2. The van der Waals surface area contributed by atoms with Crippen LogP contribution in [-0.2, 0) is 40.0 Å². The fourth-order valence-corrected chi connectivity index (χ4v) is 4.90. The van der Waals surface area contributed by atoms with Crippen LogP contribution in [0.2, 0.25) is 0 Å². The van der Waals surface area contributed by atoms with Crippen LogP contribution in [0.4, 0.5) is 0 Å². The fraction of sp³-hybridized carbons (Fsp3) is 0.567. The molecule has 1 heterocycles. The predicted octanol–water partition coefficient (Wildman–Crippen LogP) is -1.74. The Bertz CT molecular complexity index is 1210. The molecule has 0 aliphatic carbocycles. The predicted molar refractivity (Wildman–Crippen MR) is 165 cm³/mol. The molecule has 0 spiro atoms. The van der Waals surface area contributed by atoms with Crippen molar-refractivity contribution in [3.8, 4) is 0 Å². The van der Waals surface area contributed by atoms with Crippen molar-refractivity contribution in [3.63, 3.8) is 0 Å². The van der Waals surface area contributed by atoms with Crippen LogP contribution in [0.5, 0.6) is 0 Å². The summed E-state index contributed by atoms with van der Waals surface area (Å²) in [6.07, 6.45) is 1.05. The van der Waals surface area contributed by atoms with E-state index in [2.05, 4.69) is 26.6 Å². The number of primary amides is 1. The van der Waals surface area contributed by atoms with Gasteiger partial charge in [0.25, 0.3) is 0 Å². The Balaban J connectivity index is 2.29. The van der Waals surface area contributed by atoms with Crippen molar-refractivity contribution in [2.24, 2.45) is 11.5 Å². The van der Waals surface area contributed by atoms with Crippen LogP contribution in [0.3, 0.4) is 0 Å². The molecule has 11 N–H and O–H groups in total. The molecule has 5 atom stereocenters. The summed E-state index contributed by atoms with van der Waals surface area (Å²) >= 11 is 0. The standard InChI is InChI=1S/C30H45N7O9/c31-15-5-4-9-22(30(45)46)36-27(42)21(12-14-25(39)40)35-29(44)23(17-18-7-2-1-3-8-18)37-28(43)20(11-13-24(32)38)34-26(41)19-10-6-16-33-19/h1-3,7-8,19-23,33H,4-6,9-17,31H2,(H2,32,38)(H,34,41)(H,35,44)(H,36,42)(H,37,43)(H,39,40)(H,45,46)/t19-,20-,21-,22-,23-/m0/s1. The molecule has 0 bridgehead atoms. The maximum atomic E-state index is 13.6. The van der Waals surface area contributed by atoms with Crippen LogP contribution in [0.25, 0.3) is 0 Å². The maximum Gasteiger partial charge on any atom is 0.326 e. The van der Waals surface area contributed by atoms with E-state index in [1.54, 1.807) is 30.3 Å². The number of nitrogens with two attached hydrogens (primary N) is 2. The Morgan fingerprint density at radius 3 is 1.93 bits per heavy atom. The number of carbonyl (C=O) groups is 7. The lowest BCUT2D eigenvalue weighted by Crippen LogP contribution is -2.59. The van der Waals surface area contributed by atoms with Crippen molar-refractivity contribution in [3.05, 3.63) is 35.9 Å². The number of carboxylic acid groups (broad SMARTS) is 2. The highest BCUT2D eigenvalue weighted by atomic mass is 16.4. The highest BCUT2D eigenvalue weighted by molar-refractivity contribution is 5.96. The van der Waals surface area contributed by atoms with Crippen molar-refractivity contribution < 1.29 is 43.8 Å². The van der Waals surface area contributed by atoms with E-state index in [9.17, 15) is 43.8 Å². The molecule has 1 saturated heterocycles. The quantitative estimate of drug-likeness (QED) is 0.0676. The fourth-order valence-electron chi connectivity index (χ4n) is 4.90. The van der Waals surface area contributed by atoms with Gasteiger partial charge in [0.15, 0.2) is 0 Å². The Labute approximate surface area is 266 Å². The zero-order chi connectivity index (χ0) is 34.1. The van der Waals surface area contributed by atoms with Crippen molar-refractivity contribution in [1.29, 1.82) is 0 Å². The Morgan fingerprint density at radius 1 is 0.783 bits per heavy atom. The van der Waals surface area contributed by atoms with Gasteiger partial charge in [-0.15, -0.1) is 0 Å². The summed E-state index contributed by atoms with van der Waals surface area (Å²) in [5.41, 5.74) is 11.4. The average Bonchev–Trinajstić information content (AvgIpc) is 3.56. The number of nitrogens with one attached hydrogen (secondary N) is 5. The third-order valence-corrected chi connectivity index (χ3v) is 7.45. The summed E-state index contributed by atoms with van der Waals surface area (Å²) < 4.78 is 0. The number of aliphatic carboxylic acids is 2. The lowest BCUT2D eigenvalue weighted by atomic mass is 10.0. The molecule has 0 saturated carbocycles. The van der Waals surface area contributed by atoms with E-state index < -0.39 is 78.1 Å². The lowest BCUT2D eigenvalue weighted by Gasteiger charge is -2.26. The molecule has 16 heteroatoms. The van der Waals surface area contributed by atoms with Crippen LogP contribution >= 0.6 is 0 Å². The lowest BCUT2D eigenvalue weighted by molar-refractivity contribution is -0.143. The second kappa shape index (κ2) is 19.7. The molecule has 1 aromatic rings. The smallest absolute Gasteiger partial charge is 0.326 e. The number of hydrogen-bond donors (Lipinski definition) is 9. The molecule has 0 radical (unpaired) electrons. The van der Waals surface area contributed by atoms with Gasteiger partial charge in [-0.05, 0) is 63.6 Å². The zero-order valence-corrected chi connectivity index (χ0v) is 25.7. The number of rotatable bonds is 21. The van der Waals surface area contributed by atoms with Crippen molar-refractivity contribution in [2.75, 3.05) is 13.1 Å². The molecule has 0 unspecified atom stereocenters. The normalized spacial score (nSPS) is 16.7. The Kier molecular flexibility index (Phi) is 16.1. The number of unbranched alkanes of at least 4 members (excludes halogenated alkanes) is 1. The molecule has 1 aliphatic heterocycles. The first-order valence-electron chi connectivity index (χ1n) is 15.3. The molecule has 5 amide bonds. The van der Waals surface area contributed by atoms with Gasteiger partial charge in [0.1, 0.15) is 24.2 Å². The van der Waals surface area contributed by atoms with E-state index in [4.69, 9.17) is 11.5 Å². The van der Waals surface area contributed by atoms with Gasteiger partial charge < -0.3 is 48.3 Å². The molecule has 1 aliphatic rings. The second-order valence-electron chi connectivity index (χ2n) is 11.1. The van der Waals surface area contributed by atoms with Crippen LogP contribution in [0.1, 0.15) is 63.4 Å². The largest absolute Gasteiger partial charge is 0.481 e. The van der Waals surface area contributed by atoms with Crippen LogP contribution in [-0.4, -0.2) is 95.0 Å². The van der Waals surface area contributed by atoms with Crippen LogP contribution in [0, 0.1) is 0 Å². The summed E-state index contributed by atoms with van der Waals surface area (Å²) in [6, 6.07) is 2.80. The van der Waals surface area contributed by atoms with Crippen molar-refractivity contribution >= 4 is 41.5 Å². The van der Waals surface area contributed by atoms with E-state index >= 15 is 0 Å². The molecule has 0 aromatic heterocycles. The summed E-state index contributed by atoms with van der Waals surface area (Å²) in [7, 11) is 0. The molecular formula is C30H45N7O9. The van der Waals surface area contributed by atoms with Gasteiger partial charge in [0, 0.05) is 19.3 Å². The molecule has 16 nitrogen and oxygen atoms in total. The monoisotopic (exact) mass is 647 g/mol. The average molecular weight is 648 g/mol. The second-order valence-corrected chi connectivity index (χ2v) is 11.1. The van der Waals surface area contributed by atoms with Gasteiger partial charge in [0.2, 0.25) is 29.5 Å². The summed E-state index contributed by atoms with van der Waals surface area (Å²) in [4.78, 5) is 87.7. The molecule has 46 heavy (non-hydrogen) atoms. The minimum absolute atomic E-state index is 0.0524. The zero-order valence-electron chi connectivity index (χ0n) is 25.7. The van der Waals surface area contributed by atoms with Crippen molar-refractivity contribution in [2.45, 2.75) is 94.4 Å². The highest BCUT2D eigenvalue weighted by Gasteiger charge is 2.33. The topological polar surface area (TPSA) is 272 Å². The molecule has 1 aromatic carbocycles. The minimum Gasteiger partial charge on any atom is -0.481 e. The molecule has 1 fully saturated rings. The van der Waals surface area contributed by atoms with E-state index in [0.717, 1.165) is 6.42 Å². The SMILES string of the molecule is NCCCC[C@H](NC(=O)[C@H](CCC(=O)O)NC(=O)[C@H](Cc1ccccc1)NC(=O)[C@H](CCC(N)=O)NC(=O)[C@@H]1CCCN1)C(=O)O. The first kappa shape index (κ1) is 37.6. The number of benzene rings is 1. The third kappa shape index (κ3) is 13.6. The van der Waals surface area contributed by atoms with Crippen LogP contribution in [0.15, 0.2) is 30.3 Å². The third-order valence-electron chi connectivity index (χ3n) is 7.45. The summed E-state index contributed by atoms with van der Waals surface area (Å²) in [6.45, 7) is 0.962. The van der Waals surface area contributed by atoms with E-state index in [1.807, 2.05) is 0 Å². The molecule has 254 valence electrons. The van der Waals surface area contributed by atoms with E-state index in [0.29, 0.717) is 37.9 Å². The number of amides is 5.